The Balaban J connectivity index is 1.82. The van der Waals surface area contributed by atoms with Crippen LogP contribution in [0.15, 0.2) is 47.3 Å². The molecule has 0 saturated heterocycles. The van der Waals surface area contributed by atoms with Crippen LogP contribution in [0, 0.1) is 0 Å². The number of ether oxygens (including phenoxy) is 1. The predicted molar refractivity (Wildman–Crippen MR) is 87.3 cm³/mol. The van der Waals surface area contributed by atoms with Crippen molar-refractivity contribution in [1.29, 1.82) is 0 Å². The molecule has 0 aliphatic carbocycles. The van der Waals surface area contributed by atoms with Crippen molar-refractivity contribution in [2.24, 2.45) is 0 Å². The summed E-state index contributed by atoms with van der Waals surface area (Å²) in [5.41, 5.74) is 0.315. The third-order valence-electron chi connectivity index (χ3n) is 3.25. The zero-order valence-electron chi connectivity index (χ0n) is 11.7. The Kier molecular flexibility index (Phi) is 3.36. The summed E-state index contributed by atoms with van der Waals surface area (Å²) in [7, 11) is 0. The highest BCUT2D eigenvalue weighted by molar-refractivity contribution is 7.22. The second-order valence-electron chi connectivity index (χ2n) is 4.86. The van der Waals surface area contributed by atoms with Gasteiger partial charge in [0.15, 0.2) is 0 Å². The highest BCUT2D eigenvalue weighted by atomic mass is 32.1. The molecule has 4 aromatic rings. The summed E-state index contributed by atoms with van der Waals surface area (Å²) < 4.78 is 43.6. The molecule has 0 saturated carbocycles. The fourth-order valence-corrected chi connectivity index (χ4v) is 4.29. The third-order valence-corrected chi connectivity index (χ3v) is 5.44. The Morgan fingerprint density at radius 1 is 1.08 bits per heavy atom. The average molecular weight is 368 g/mol. The quantitative estimate of drug-likeness (QED) is 0.521. The van der Waals surface area contributed by atoms with E-state index in [1.165, 1.54) is 33.7 Å². The van der Waals surface area contributed by atoms with E-state index in [2.05, 4.69) is 9.72 Å². The lowest BCUT2D eigenvalue weighted by Gasteiger charge is -2.07. The normalized spacial score (nSPS) is 12.1. The van der Waals surface area contributed by atoms with Gasteiger partial charge in [0, 0.05) is 6.07 Å². The number of nitrogens with zero attached hydrogens (tertiary/aromatic N) is 2. The number of aromatic nitrogens is 2. The van der Waals surface area contributed by atoms with Gasteiger partial charge in [0.25, 0.3) is 5.56 Å². The smallest absolute Gasteiger partial charge is 0.406 e. The van der Waals surface area contributed by atoms with Crippen LogP contribution < -0.4 is 10.3 Å². The summed E-state index contributed by atoms with van der Waals surface area (Å²) in [4.78, 5) is 16.8. The first-order chi connectivity index (χ1) is 11.4. The highest BCUT2D eigenvalue weighted by Crippen LogP contribution is 2.32. The first kappa shape index (κ1) is 15.2. The maximum Gasteiger partial charge on any atom is 0.573 e. The number of halogens is 3. The number of thiazole rings is 1. The fourth-order valence-electron chi connectivity index (χ4n) is 2.27. The number of hydrogen-bond acceptors (Lipinski definition) is 5. The minimum Gasteiger partial charge on any atom is -0.406 e. The molecule has 2 aromatic heterocycles. The lowest BCUT2D eigenvalue weighted by atomic mass is 10.3. The molecule has 2 heterocycles. The summed E-state index contributed by atoms with van der Waals surface area (Å²) in [6.07, 6.45) is -4.75. The molecule has 24 heavy (non-hydrogen) atoms. The lowest BCUT2D eigenvalue weighted by Crippen LogP contribution is -2.16. The predicted octanol–water partition coefficient (Wildman–Crippen LogP) is 4.56. The summed E-state index contributed by atoms with van der Waals surface area (Å²) in [6.45, 7) is 0. The third kappa shape index (κ3) is 2.65. The van der Waals surface area contributed by atoms with Crippen molar-refractivity contribution in [2.75, 3.05) is 0 Å². The first-order valence-electron chi connectivity index (χ1n) is 6.68. The van der Waals surface area contributed by atoms with Crippen molar-refractivity contribution in [2.45, 2.75) is 6.36 Å². The molecule has 9 heteroatoms. The lowest BCUT2D eigenvalue weighted by molar-refractivity contribution is -0.274. The van der Waals surface area contributed by atoms with Crippen LogP contribution in [-0.4, -0.2) is 15.3 Å². The highest BCUT2D eigenvalue weighted by Gasteiger charge is 2.31. The molecule has 0 amide bonds. The van der Waals surface area contributed by atoms with Gasteiger partial charge in [0.2, 0.25) is 5.13 Å². The molecule has 0 aliphatic rings. The summed E-state index contributed by atoms with van der Waals surface area (Å²) >= 11 is 2.38. The van der Waals surface area contributed by atoms with Crippen LogP contribution in [0.4, 0.5) is 13.2 Å². The van der Waals surface area contributed by atoms with Crippen LogP contribution in [0.5, 0.6) is 5.75 Å². The van der Waals surface area contributed by atoms with Crippen LogP contribution in [0.2, 0.25) is 0 Å². The Labute approximate surface area is 140 Å². The van der Waals surface area contributed by atoms with Crippen molar-refractivity contribution in [1.82, 2.24) is 8.94 Å². The van der Waals surface area contributed by atoms with Crippen molar-refractivity contribution >= 4 is 43.2 Å². The van der Waals surface area contributed by atoms with Gasteiger partial charge in [-0.15, -0.1) is 13.2 Å². The molecule has 0 aliphatic heterocycles. The molecule has 0 spiro atoms. The van der Waals surface area contributed by atoms with E-state index in [0.717, 1.165) is 16.0 Å². The maximum absolute atomic E-state index is 12.4. The summed E-state index contributed by atoms with van der Waals surface area (Å²) in [6, 6.07) is 11.1. The average Bonchev–Trinajstić information content (AvgIpc) is 3.07. The Hall–Kier alpha value is -2.39. The monoisotopic (exact) mass is 368 g/mol. The molecule has 0 atom stereocenters. The van der Waals surface area contributed by atoms with Gasteiger partial charge in [-0.05, 0) is 35.8 Å². The van der Waals surface area contributed by atoms with E-state index >= 15 is 0 Å². The molecule has 0 bridgehead atoms. The SMILES string of the molecule is O=c1c2ccccc2sn1-c1nc2ccc(OC(F)(F)F)cc2s1. The van der Waals surface area contributed by atoms with Gasteiger partial charge in [-0.1, -0.05) is 23.5 Å². The Morgan fingerprint density at radius 2 is 1.88 bits per heavy atom. The number of fused-ring (bicyclic) bond motifs is 2. The molecule has 0 fully saturated rings. The van der Waals surface area contributed by atoms with Crippen LogP contribution in [0.1, 0.15) is 0 Å². The van der Waals surface area contributed by atoms with Gasteiger partial charge < -0.3 is 4.74 Å². The summed E-state index contributed by atoms with van der Waals surface area (Å²) in [5, 5.41) is 1.00. The minimum absolute atomic E-state index is 0.193. The van der Waals surface area contributed by atoms with Crippen LogP contribution in [0.25, 0.3) is 25.4 Å². The number of hydrogen-bond donors (Lipinski definition) is 0. The molecule has 0 unspecified atom stereocenters. The molecule has 4 nitrogen and oxygen atoms in total. The molecule has 122 valence electrons. The topological polar surface area (TPSA) is 44.1 Å². The van der Waals surface area contributed by atoms with Gasteiger partial charge >= 0.3 is 6.36 Å². The summed E-state index contributed by atoms with van der Waals surface area (Å²) in [5.74, 6) is -0.311. The molecular weight excluding hydrogens is 361 g/mol. The van der Waals surface area contributed by atoms with Crippen molar-refractivity contribution < 1.29 is 17.9 Å². The second kappa shape index (κ2) is 5.32. The van der Waals surface area contributed by atoms with Gasteiger partial charge in [0.1, 0.15) is 5.75 Å². The van der Waals surface area contributed by atoms with E-state index in [1.54, 1.807) is 12.1 Å². The van der Waals surface area contributed by atoms with Gasteiger partial charge in [-0.3, -0.25) is 4.79 Å². The molecular formula is C15H7F3N2O2S2. The van der Waals surface area contributed by atoms with E-state index in [4.69, 9.17) is 0 Å². The number of alkyl halides is 3. The van der Waals surface area contributed by atoms with Crippen LogP contribution >= 0.6 is 22.9 Å². The largest absolute Gasteiger partial charge is 0.573 e. The van der Waals surface area contributed by atoms with Crippen molar-refractivity contribution in [3.05, 3.63) is 52.8 Å². The van der Waals surface area contributed by atoms with E-state index in [1.807, 2.05) is 12.1 Å². The zero-order valence-corrected chi connectivity index (χ0v) is 13.3. The molecule has 0 N–H and O–H groups in total. The zero-order chi connectivity index (χ0) is 16.9. The van der Waals surface area contributed by atoms with E-state index in [-0.39, 0.29) is 11.3 Å². The van der Waals surface area contributed by atoms with Crippen LogP contribution in [0.3, 0.4) is 0 Å². The maximum atomic E-state index is 12.4. The van der Waals surface area contributed by atoms with Gasteiger partial charge in [0.05, 0.1) is 20.3 Å². The number of rotatable bonds is 2. The Bertz CT molecular complexity index is 1110. The van der Waals surface area contributed by atoms with Gasteiger partial charge in [-0.25, -0.2) is 8.94 Å². The molecule has 4 rings (SSSR count). The standard InChI is InChI=1S/C15H7F3N2O2S2/c16-15(17,18)22-8-5-6-10-12(7-8)23-14(19-10)20-13(21)9-3-1-2-4-11(9)24-20/h1-7H. The molecule has 0 radical (unpaired) electrons. The first-order valence-corrected chi connectivity index (χ1v) is 8.27. The van der Waals surface area contributed by atoms with E-state index in [9.17, 15) is 18.0 Å². The minimum atomic E-state index is -4.75. The van der Waals surface area contributed by atoms with E-state index in [0.29, 0.717) is 20.7 Å². The van der Waals surface area contributed by atoms with Crippen molar-refractivity contribution in [3.8, 4) is 10.9 Å². The van der Waals surface area contributed by atoms with E-state index < -0.39 is 6.36 Å². The van der Waals surface area contributed by atoms with Crippen LogP contribution in [-0.2, 0) is 0 Å². The second-order valence-corrected chi connectivity index (χ2v) is 6.86. The molecule has 2 aromatic carbocycles. The van der Waals surface area contributed by atoms with Gasteiger partial charge in [-0.2, -0.15) is 0 Å². The fraction of sp³-hybridized carbons (Fsp3) is 0.0667. The number of benzene rings is 2. The van der Waals surface area contributed by atoms with Crippen molar-refractivity contribution in [3.63, 3.8) is 0 Å². The Morgan fingerprint density at radius 3 is 2.62 bits per heavy atom.